The zero-order valence-corrected chi connectivity index (χ0v) is 15.4. The van der Waals surface area contributed by atoms with Crippen molar-refractivity contribution in [2.45, 2.75) is 19.4 Å². The minimum Gasteiger partial charge on any atom is -0.480 e. The molecule has 1 atom stereocenters. The minimum atomic E-state index is -0.648. The molecule has 6 nitrogen and oxygen atoms in total. The van der Waals surface area contributed by atoms with Crippen LogP contribution in [0.2, 0.25) is 0 Å². The summed E-state index contributed by atoms with van der Waals surface area (Å²) in [4.78, 5) is 29.7. The molecule has 136 valence electrons. The van der Waals surface area contributed by atoms with Crippen LogP contribution in [0.25, 0.3) is 10.6 Å². The number of thiazole rings is 1. The quantitative estimate of drug-likeness (QED) is 0.686. The Morgan fingerprint density at radius 2 is 1.81 bits per heavy atom. The van der Waals surface area contributed by atoms with Crippen molar-refractivity contribution in [1.29, 1.82) is 0 Å². The molecule has 0 saturated heterocycles. The second kappa shape index (κ2) is 7.20. The van der Waals surface area contributed by atoms with E-state index < -0.39 is 12.0 Å². The molecular weight excluding hydrogens is 362 g/mol. The van der Waals surface area contributed by atoms with E-state index in [0.717, 1.165) is 16.1 Å². The maximum atomic E-state index is 12.5. The number of carbonyl (C=O) groups is 2. The molecule has 1 unspecified atom stereocenters. The third-order valence-corrected chi connectivity index (χ3v) is 5.47. The van der Waals surface area contributed by atoms with Gasteiger partial charge in [0.1, 0.15) is 15.6 Å². The summed E-state index contributed by atoms with van der Waals surface area (Å²) >= 11 is 1.29. The van der Waals surface area contributed by atoms with Gasteiger partial charge in [0.15, 0.2) is 6.10 Å². The SMILES string of the molecule is Cc1nc(-c2ccccc2)sc1C(=O)NNC(=O)C1Cc2ccccc2O1. The lowest BCUT2D eigenvalue weighted by atomic mass is 10.1. The van der Waals surface area contributed by atoms with Gasteiger partial charge in [0.05, 0.1) is 5.69 Å². The lowest BCUT2D eigenvalue weighted by Gasteiger charge is -2.11. The Morgan fingerprint density at radius 3 is 2.59 bits per heavy atom. The molecular formula is C20H17N3O3S. The number of para-hydroxylation sites is 1. The normalized spacial score (nSPS) is 14.9. The maximum Gasteiger partial charge on any atom is 0.281 e. The van der Waals surface area contributed by atoms with Gasteiger partial charge in [0, 0.05) is 12.0 Å². The number of nitrogens with zero attached hydrogens (tertiary/aromatic N) is 1. The highest BCUT2D eigenvalue weighted by atomic mass is 32.1. The molecule has 2 N–H and O–H groups in total. The van der Waals surface area contributed by atoms with Crippen LogP contribution in [0.3, 0.4) is 0 Å². The van der Waals surface area contributed by atoms with E-state index in [4.69, 9.17) is 4.74 Å². The van der Waals surface area contributed by atoms with Gasteiger partial charge in [0.2, 0.25) is 0 Å². The molecule has 0 saturated carbocycles. The van der Waals surface area contributed by atoms with Crippen molar-refractivity contribution in [2.75, 3.05) is 0 Å². The van der Waals surface area contributed by atoms with Crippen LogP contribution in [0, 0.1) is 6.92 Å². The molecule has 1 aliphatic rings. The van der Waals surface area contributed by atoms with Gasteiger partial charge in [-0.2, -0.15) is 0 Å². The van der Waals surface area contributed by atoms with Crippen LogP contribution in [-0.2, 0) is 11.2 Å². The molecule has 0 fully saturated rings. The second-order valence-electron chi connectivity index (χ2n) is 6.16. The van der Waals surface area contributed by atoms with Gasteiger partial charge in [-0.1, -0.05) is 48.5 Å². The number of fused-ring (bicyclic) bond motifs is 1. The first-order valence-electron chi connectivity index (χ1n) is 8.49. The minimum absolute atomic E-state index is 0.384. The number of rotatable bonds is 3. The van der Waals surface area contributed by atoms with Crippen LogP contribution in [-0.4, -0.2) is 22.9 Å². The van der Waals surface area contributed by atoms with Crippen LogP contribution >= 0.6 is 11.3 Å². The van der Waals surface area contributed by atoms with E-state index >= 15 is 0 Å². The third kappa shape index (κ3) is 3.54. The van der Waals surface area contributed by atoms with Gasteiger partial charge in [-0.05, 0) is 18.6 Å². The zero-order chi connectivity index (χ0) is 18.8. The lowest BCUT2D eigenvalue weighted by Crippen LogP contribution is -2.47. The summed E-state index contributed by atoms with van der Waals surface area (Å²) < 4.78 is 5.62. The van der Waals surface area contributed by atoms with Crippen molar-refractivity contribution in [3.63, 3.8) is 0 Å². The Labute approximate surface area is 160 Å². The van der Waals surface area contributed by atoms with Gasteiger partial charge in [-0.3, -0.25) is 20.4 Å². The van der Waals surface area contributed by atoms with Crippen LogP contribution in [0.1, 0.15) is 20.9 Å². The molecule has 1 aromatic heterocycles. The molecule has 3 aromatic rings. The van der Waals surface area contributed by atoms with Crippen LogP contribution in [0.5, 0.6) is 5.75 Å². The van der Waals surface area contributed by atoms with Crippen molar-refractivity contribution in [3.8, 4) is 16.3 Å². The standard InChI is InChI=1S/C20H17N3O3S/c1-12-17(27-20(21-12)13-7-3-2-4-8-13)19(25)23-22-18(24)16-11-14-9-5-6-10-15(14)26-16/h2-10,16H,11H2,1H3,(H,22,24)(H,23,25). The summed E-state index contributed by atoms with van der Waals surface area (Å²) in [6.45, 7) is 1.77. The smallest absolute Gasteiger partial charge is 0.281 e. The fraction of sp³-hybridized carbons (Fsp3) is 0.150. The largest absolute Gasteiger partial charge is 0.480 e. The monoisotopic (exact) mass is 379 g/mol. The van der Waals surface area contributed by atoms with Crippen LogP contribution in [0.15, 0.2) is 54.6 Å². The van der Waals surface area contributed by atoms with Gasteiger partial charge in [-0.25, -0.2) is 4.98 Å². The summed E-state index contributed by atoms with van der Waals surface area (Å²) in [7, 11) is 0. The molecule has 27 heavy (non-hydrogen) atoms. The molecule has 2 aromatic carbocycles. The number of hydrazine groups is 1. The van der Waals surface area contributed by atoms with E-state index in [0.29, 0.717) is 22.7 Å². The number of benzene rings is 2. The average molecular weight is 379 g/mol. The molecule has 0 bridgehead atoms. The first-order valence-corrected chi connectivity index (χ1v) is 9.31. The molecule has 2 heterocycles. The Bertz CT molecular complexity index is 976. The van der Waals surface area contributed by atoms with Gasteiger partial charge in [0.25, 0.3) is 11.8 Å². The number of aromatic nitrogens is 1. The lowest BCUT2D eigenvalue weighted by molar-refractivity contribution is -0.128. The summed E-state index contributed by atoms with van der Waals surface area (Å²) in [5.74, 6) is -0.0733. The number of hydrogen-bond acceptors (Lipinski definition) is 5. The highest BCUT2D eigenvalue weighted by Gasteiger charge is 2.29. The number of carbonyl (C=O) groups excluding carboxylic acids is 2. The molecule has 1 aliphatic heterocycles. The molecule has 0 radical (unpaired) electrons. The van der Waals surface area contributed by atoms with E-state index in [1.165, 1.54) is 11.3 Å². The van der Waals surface area contributed by atoms with E-state index in [-0.39, 0.29) is 5.91 Å². The van der Waals surface area contributed by atoms with Gasteiger partial charge in [-0.15, -0.1) is 11.3 Å². The molecule has 7 heteroatoms. The topological polar surface area (TPSA) is 80.3 Å². The van der Waals surface area contributed by atoms with Gasteiger partial charge < -0.3 is 4.74 Å². The number of hydrogen-bond donors (Lipinski definition) is 2. The number of amides is 2. The zero-order valence-electron chi connectivity index (χ0n) is 14.6. The van der Waals surface area contributed by atoms with E-state index in [2.05, 4.69) is 15.8 Å². The maximum absolute atomic E-state index is 12.5. The predicted octanol–water partition coefficient (Wildman–Crippen LogP) is 2.88. The fourth-order valence-electron chi connectivity index (χ4n) is 2.90. The Morgan fingerprint density at radius 1 is 1.07 bits per heavy atom. The van der Waals surface area contributed by atoms with Gasteiger partial charge >= 0.3 is 0 Å². The van der Waals surface area contributed by atoms with E-state index in [1.54, 1.807) is 6.92 Å². The van der Waals surface area contributed by atoms with Crippen molar-refractivity contribution < 1.29 is 14.3 Å². The molecule has 0 spiro atoms. The number of nitrogens with one attached hydrogen (secondary N) is 2. The van der Waals surface area contributed by atoms with Crippen molar-refractivity contribution in [3.05, 3.63) is 70.7 Å². The summed E-state index contributed by atoms with van der Waals surface area (Å²) in [5, 5.41) is 0.763. The average Bonchev–Trinajstić information content (AvgIpc) is 3.30. The summed E-state index contributed by atoms with van der Waals surface area (Å²) in [6, 6.07) is 17.2. The van der Waals surface area contributed by atoms with Crippen LogP contribution < -0.4 is 15.6 Å². The highest BCUT2D eigenvalue weighted by molar-refractivity contribution is 7.17. The highest BCUT2D eigenvalue weighted by Crippen LogP contribution is 2.29. The van der Waals surface area contributed by atoms with Crippen LogP contribution in [0.4, 0.5) is 0 Å². The number of ether oxygens (including phenoxy) is 1. The molecule has 2 amide bonds. The number of aryl methyl sites for hydroxylation is 1. The van der Waals surface area contributed by atoms with Crippen molar-refractivity contribution in [1.82, 2.24) is 15.8 Å². The summed E-state index contributed by atoms with van der Waals surface area (Å²) in [6.07, 6.45) is -0.166. The van der Waals surface area contributed by atoms with E-state index in [9.17, 15) is 9.59 Å². The van der Waals surface area contributed by atoms with E-state index in [1.807, 2.05) is 54.6 Å². The van der Waals surface area contributed by atoms with Crippen molar-refractivity contribution in [2.24, 2.45) is 0 Å². The molecule has 4 rings (SSSR count). The predicted molar refractivity (Wildman–Crippen MR) is 102 cm³/mol. The Hall–Kier alpha value is -3.19. The fourth-order valence-corrected chi connectivity index (χ4v) is 3.86. The third-order valence-electron chi connectivity index (χ3n) is 4.26. The first kappa shape index (κ1) is 17.2. The summed E-state index contributed by atoms with van der Waals surface area (Å²) in [5.41, 5.74) is 7.46. The van der Waals surface area contributed by atoms with Crippen molar-refractivity contribution >= 4 is 23.2 Å². The Kier molecular flexibility index (Phi) is 4.60. The Balaban J connectivity index is 1.39. The second-order valence-corrected chi connectivity index (χ2v) is 7.16. The molecule has 0 aliphatic carbocycles. The first-order chi connectivity index (χ1) is 13.1.